The largest absolute Gasteiger partial charge is 0.324 e. The van der Waals surface area contributed by atoms with Crippen LogP contribution < -0.4 is 16.2 Å². The molecule has 0 aromatic heterocycles. The molecule has 1 aliphatic heterocycles. The number of hydrogen-bond donors (Lipinski definition) is 3. The minimum Gasteiger partial charge on any atom is -0.324 e. The van der Waals surface area contributed by atoms with Crippen LogP contribution in [0.1, 0.15) is 23.1 Å². The minimum absolute atomic E-state index is 0.289. The van der Waals surface area contributed by atoms with Crippen LogP contribution in [0.15, 0.2) is 78.9 Å². The van der Waals surface area contributed by atoms with Gasteiger partial charge in [0.25, 0.3) is 0 Å². The molecule has 3 aromatic rings. The lowest BCUT2D eigenvalue weighted by atomic mass is 9.76. The molecule has 0 bridgehead atoms. The third-order valence-electron chi connectivity index (χ3n) is 5.17. The zero-order valence-electron chi connectivity index (χ0n) is 15.8. The highest BCUT2D eigenvalue weighted by Gasteiger charge is 2.44. The van der Waals surface area contributed by atoms with E-state index in [1.807, 2.05) is 60.7 Å². The molecule has 4 rings (SSSR count). The quantitative estimate of drug-likeness (QED) is 0.515. The molecule has 30 heavy (non-hydrogen) atoms. The second-order valence-electron chi connectivity index (χ2n) is 7.05. The molecule has 152 valence electrons. The number of carbonyl (C=O) groups excluding carboxylic acids is 2. The normalized spacial score (nSPS) is 21.0. The van der Waals surface area contributed by atoms with Crippen molar-refractivity contribution in [3.8, 4) is 0 Å². The van der Waals surface area contributed by atoms with Gasteiger partial charge in [-0.3, -0.25) is 15.0 Å². The SMILES string of the molecule is O=C1NNC(c2ccccc2)C(c2ccccc2)C1C(=O)Nc1ccc(Cl)cc1Cl. The van der Waals surface area contributed by atoms with Gasteiger partial charge in [-0.25, -0.2) is 5.43 Å². The molecule has 3 unspecified atom stereocenters. The highest BCUT2D eigenvalue weighted by atomic mass is 35.5. The van der Waals surface area contributed by atoms with Crippen LogP contribution in [0.25, 0.3) is 0 Å². The predicted octanol–water partition coefficient (Wildman–Crippen LogP) is 4.71. The van der Waals surface area contributed by atoms with Crippen molar-refractivity contribution in [1.29, 1.82) is 0 Å². The van der Waals surface area contributed by atoms with Gasteiger partial charge in [-0.2, -0.15) is 0 Å². The standard InChI is InChI=1S/C23H19Cl2N3O2/c24-16-11-12-18(17(25)13-16)26-22(29)20-19(14-7-3-1-4-8-14)21(27-28-23(20)30)15-9-5-2-6-10-15/h1-13,19-21,27H,(H,26,29)(H,28,30). The van der Waals surface area contributed by atoms with E-state index in [-0.39, 0.29) is 6.04 Å². The Morgan fingerprint density at radius 2 is 1.50 bits per heavy atom. The molecule has 0 radical (unpaired) electrons. The maximum absolute atomic E-state index is 13.3. The highest BCUT2D eigenvalue weighted by molar-refractivity contribution is 6.36. The van der Waals surface area contributed by atoms with E-state index in [1.54, 1.807) is 18.2 Å². The fourth-order valence-electron chi connectivity index (χ4n) is 3.77. The number of hydrogen-bond acceptors (Lipinski definition) is 3. The number of halogens is 2. The molecular weight excluding hydrogens is 421 g/mol. The molecule has 3 atom stereocenters. The van der Waals surface area contributed by atoms with Gasteiger partial charge in [0.15, 0.2) is 0 Å². The molecule has 0 aliphatic carbocycles. The molecule has 3 N–H and O–H groups in total. The number of benzene rings is 3. The van der Waals surface area contributed by atoms with Gasteiger partial charge in [-0.1, -0.05) is 83.9 Å². The second kappa shape index (κ2) is 8.88. The molecule has 1 aliphatic rings. The van der Waals surface area contributed by atoms with Crippen LogP contribution in [0, 0.1) is 5.92 Å². The summed E-state index contributed by atoms with van der Waals surface area (Å²) in [5.74, 6) is -2.23. The minimum atomic E-state index is -0.967. The fourth-order valence-corrected chi connectivity index (χ4v) is 4.22. The summed E-state index contributed by atoms with van der Waals surface area (Å²) in [4.78, 5) is 26.1. The average molecular weight is 440 g/mol. The van der Waals surface area contributed by atoms with E-state index in [9.17, 15) is 9.59 Å². The molecule has 1 saturated heterocycles. The van der Waals surface area contributed by atoms with Gasteiger partial charge in [-0.15, -0.1) is 0 Å². The molecule has 0 spiro atoms. The van der Waals surface area contributed by atoms with E-state index in [1.165, 1.54) is 0 Å². The third-order valence-corrected chi connectivity index (χ3v) is 5.71. The van der Waals surface area contributed by atoms with Crippen molar-refractivity contribution in [2.75, 3.05) is 5.32 Å². The van der Waals surface area contributed by atoms with Gasteiger partial charge in [0, 0.05) is 10.9 Å². The molecule has 1 heterocycles. The Bertz CT molecular complexity index is 1060. The van der Waals surface area contributed by atoms with E-state index in [4.69, 9.17) is 23.2 Å². The summed E-state index contributed by atoms with van der Waals surface area (Å²) in [5, 5.41) is 3.56. The summed E-state index contributed by atoms with van der Waals surface area (Å²) in [6, 6.07) is 23.8. The Morgan fingerprint density at radius 1 is 0.867 bits per heavy atom. The van der Waals surface area contributed by atoms with Gasteiger partial charge < -0.3 is 5.32 Å². The van der Waals surface area contributed by atoms with E-state index in [0.29, 0.717) is 15.7 Å². The lowest BCUT2D eigenvalue weighted by Gasteiger charge is -2.38. The van der Waals surface area contributed by atoms with Gasteiger partial charge >= 0.3 is 0 Å². The van der Waals surface area contributed by atoms with Crippen molar-refractivity contribution in [2.24, 2.45) is 5.92 Å². The van der Waals surface area contributed by atoms with E-state index >= 15 is 0 Å². The van der Waals surface area contributed by atoms with Gasteiger partial charge in [-0.05, 0) is 29.3 Å². The Labute approximate surface area is 184 Å². The molecule has 7 heteroatoms. The van der Waals surface area contributed by atoms with Crippen LogP contribution in [0.5, 0.6) is 0 Å². The summed E-state index contributed by atoms with van der Waals surface area (Å²) in [6.45, 7) is 0. The maximum Gasteiger partial charge on any atom is 0.247 e. The summed E-state index contributed by atoms with van der Waals surface area (Å²) >= 11 is 12.2. The summed E-state index contributed by atoms with van der Waals surface area (Å²) in [6.07, 6.45) is 0. The first-order chi connectivity index (χ1) is 14.5. The third kappa shape index (κ3) is 4.19. The number of anilines is 1. The Morgan fingerprint density at radius 3 is 2.13 bits per heavy atom. The molecule has 2 amide bonds. The predicted molar refractivity (Wildman–Crippen MR) is 118 cm³/mol. The van der Waals surface area contributed by atoms with Crippen molar-refractivity contribution < 1.29 is 9.59 Å². The summed E-state index contributed by atoms with van der Waals surface area (Å²) < 4.78 is 0. The first-order valence-corrected chi connectivity index (χ1v) is 10.2. The monoisotopic (exact) mass is 439 g/mol. The first kappa shape index (κ1) is 20.4. The number of rotatable bonds is 4. The van der Waals surface area contributed by atoms with Gasteiger partial charge in [0.2, 0.25) is 11.8 Å². The van der Waals surface area contributed by atoms with Crippen molar-refractivity contribution in [1.82, 2.24) is 10.9 Å². The lowest BCUT2D eigenvalue weighted by molar-refractivity contribution is -0.137. The number of hydrazine groups is 1. The zero-order chi connectivity index (χ0) is 21.1. The van der Waals surface area contributed by atoms with E-state index < -0.39 is 23.7 Å². The molecule has 5 nitrogen and oxygen atoms in total. The average Bonchev–Trinajstić information content (AvgIpc) is 2.76. The fraction of sp³-hybridized carbons (Fsp3) is 0.130. The van der Waals surface area contributed by atoms with Gasteiger partial charge in [0.05, 0.1) is 16.8 Å². The summed E-state index contributed by atoms with van der Waals surface area (Å²) in [7, 11) is 0. The van der Waals surface area contributed by atoms with Crippen molar-refractivity contribution in [3.05, 3.63) is 100 Å². The van der Waals surface area contributed by atoms with Crippen molar-refractivity contribution in [3.63, 3.8) is 0 Å². The van der Waals surface area contributed by atoms with Gasteiger partial charge in [0.1, 0.15) is 5.92 Å². The van der Waals surface area contributed by atoms with Crippen LogP contribution in [0.2, 0.25) is 10.0 Å². The number of nitrogens with one attached hydrogen (secondary N) is 3. The summed E-state index contributed by atoms with van der Waals surface area (Å²) in [5.41, 5.74) is 8.00. The van der Waals surface area contributed by atoms with E-state index in [0.717, 1.165) is 11.1 Å². The Hall–Kier alpha value is -2.86. The highest BCUT2D eigenvalue weighted by Crippen LogP contribution is 2.40. The second-order valence-corrected chi connectivity index (χ2v) is 7.89. The Kier molecular flexibility index (Phi) is 6.04. The van der Waals surface area contributed by atoms with Crippen LogP contribution in [-0.4, -0.2) is 11.8 Å². The molecule has 1 fully saturated rings. The van der Waals surface area contributed by atoms with Crippen LogP contribution in [0.4, 0.5) is 5.69 Å². The topological polar surface area (TPSA) is 70.2 Å². The van der Waals surface area contributed by atoms with Crippen molar-refractivity contribution >= 4 is 40.7 Å². The van der Waals surface area contributed by atoms with Crippen LogP contribution in [0.3, 0.4) is 0 Å². The van der Waals surface area contributed by atoms with Crippen LogP contribution in [-0.2, 0) is 9.59 Å². The number of carbonyl (C=O) groups is 2. The maximum atomic E-state index is 13.3. The van der Waals surface area contributed by atoms with Crippen LogP contribution >= 0.6 is 23.2 Å². The first-order valence-electron chi connectivity index (χ1n) is 9.46. The zero-order valence-corrected chi connectivity index (χ0v) is 17.3. The molecule has 3 aromatic carbocycles. The Balaban J connectivity index is 1.72. The number of amides is 2. The lowest BCUT2D eigenvalue weighted by Crippen LogP contribution is -2.56. The molecule has 0 saturated carbocycles. The van der Waals surface area contributed by atoms with E-state index in [2.05, 4.69) is 16.2 Å². The van der Waals surface area contributed by atoms with Crippen molar-refractivity contribution in [2.45, 2.75) is 12.0 Å². The smallest absolute Gasteiger partial charge is 0.247 e. The molecular formula is C23H19Cl2N3O2.